The van der Waals surface area contributed by atoms with Crippen LogP contribution < -0.4 is 10.1 Å². The summed E-state index contributed by atoms with van der Waals surface area (Å²) >= 11 is 0. The summed E-state index contributed by atoms with van der Waals surface area (Å²) in [5, 5.41) is 2.95. The topological polar surface area (TPSA) is 55.4 Å². The van der Waals surface area contributed by atoms with Crippen molar-refractivity contribution < 1.29 is 14.3 Å². The van der Waals surface area contributed by atoms with Gasteiger partial charge in [0.2, 0.25) is 0 Å². The van der Waals surface area contributed by atoms with Crippen LogP contribution in [-0.4, -0.2) is 25.3 Å². The molecule has 0 aliphatic carbocycles. The Kier molecular flexibility index (Phi) is 6.22. The van der Waals surface area contributed by atoms with E-state index >= 15 is 0 Å². The zero-order valence-electron chi connectivity index (χ0n) is 16.0. The Hall–Kier alpha value is -3.40. The van der Waals surface area contributed by atoms with E-state index in [9.17, 15) is 9.59 Å². The number of carbonyl (C=O) groups is 2. The van der Waals surface area contributed by atoms with Gasteiger partial charge in [-0.15, -0.1) is 0 Å². The Bertz CT molecular complexity index is 949. The van der Waals surface area contributed by atoms with Crippen LogP contribution in [0.5, 0.6) is 5.75 Å². The van der Waals surface area contributed by atoms with Crippen LogP contribution >= 0.6 is 0 Å². The van der Waals surface area contributed by atoms with Gasteiger partial charge in [-0.25, -0.2) is 0 Å². The molecular formula is C24H23NO3. The molecule has 0 bridgehead atoms. The second kappa shape index (κ2) is 9.00. The molecule has 4 nitrogen and oxygen atoms in total. The molecule has 1 atom stereocenters. The van der Waals surface area contributed by atoms with Crippen LogP contribution in [0.3, 0.4) is 0 Å². The molecular weight excluding hydrogens is 350 g/mol. The largest absolute Gasteiger partial charge is 0.497 e. The van der Waals surface area contributed by atoms with Gasteiger partial charge in [0.25, 0.3) is 5.91 Å². The van der Waals surface area contributed by atoms with E-state index in [2.05, 4.69) is 5.32 Å². The van der Waals surface area contributed by atoms with Crippen molar-refractivity contribution >= 4 is 11.7 Å². The molecule has 0 aliphatic rings. The zero-order valence-corrected chi connectivity index (χ0v) is 16.0. The Morgan fingerprint density at radius 1 is 0.857 bits per heavy atom. The fraction of sp³-hybridized carbons (Fsp3) is 0.167. The maximum absolute atomic E-state index is 12.6. The molecule has 0 saturated heterocycles. The molecule has 1 amide bonds. The summed E-state index contributed by atoms with van der Waals surface area (Å²) < 4.78 is 5.11. The standard InChI is InChI=1S/C24H23NO3/c1-17(16-25-24(27)19-11-13-22(28-2)14-12-19)20-9-6-10-21(15-20)23(26)18-7-4-3-5-8-18/h3-15,17H,16H2,1-2H3,(H,25,27)/t17-/m1/s1. The van der Waals surface area contributed by atoms with Crippen LogP contribution in [0.25, 0.3) is 0 Å². The third kappa shape index (κ3) is 4.65. The van der Waals surface area contributed by atoms with Crippen LogP contribution in [-0.2, 0) is 0 Å². The van der Waals surface area contributed by atoms with E-state index in [1.54, 1.807) is 31.4 Å². The second-order valence-electron chi connectivity index (χ2n) is 6.66. The number of benzene rings is 3. The van der Waals surface area contributed by atoms with E-state index in [4.69, 9.17) is 4.74 Å². The van der Waals surface area contributed by atoms with Gasteiger partial charge in [-0.05, 0) is 41.8 Å². The number of ether oxygens (including phenoxy) is 1. The smallest absolute Gasteiger partial charge is 0.251 e. The summed E-state index contributed by atoms with van der Waals surface area (Å²) in [6.45, 7) is 2.51. The predicted octanol–water partition coefficient (Wildman–Crippen LogP) is 4.46. The maximum atomic E-state index is 12.6. The predicted molar refractivity (Wildman–Crippen MR) is 110 cm³/mol. The highest BCUT2D eigenvalue weighted by molar-refractivity contribution is 6.09. The fourth-order valence-electron chi connectivity index (χ4n) is 2.95. The summed E-state index contributed by atoms with van der Waals surface area (Å²) in [5.74, 6) is 0.651. The fourth-order valence-corrected chi connectivity index (χ4v) is 2.95. The number of amides is 1. The van der Waals surface area contributed by atoms with Crippen molar-refractivity contribution in [1.29, 1.82) is 0 Å². The maximum Gasteiger partial charge on any atom is 0.251 e. The second-order valence-corrected chi connectivity index (χ2v) is 6.66. The number of methoxy groups -OCH3 is 1. The molecule has 3 aromatic carbocycles. The highest BCUT2D eigenvalue weighted by Gasteiger charge is 2.13. The first kappa shape index (κ1) is 19.4. The van der Waals surface area contributed by atoms with Gasteiger partial charge >= 0.3 is 0 Å². The monoisotopic (exact) mass is 373 g/mol. The lowest BCUT2D eigenvalue weighted by Gasteiger charge is -2.14. The van der Waals surface area contributed by atoms with Crippen molar-refractivity contribution in [1.82, 2.24) is 5.32 Å². The minimum absolute atomic E-state index is 0.00285. The Morgan fingerprint density at radius 2 is 1.54 bits per heavy atom. The molecule has 142 valence electrons. The molecule has 0 aliphatic heterocycles. The van der Waals surface area contributed by atoms with Crippen molar-refractivity contribution in [2.45, 2.75) is 12.8 Å². The molecule has 3 aromatic rings. The van der Waals surface area contributed by atoms with E-state index in [0.717, 1.165) is 5.56 Å². The number of nitrogens with one attached hydrogen (secondary N) is 1. The van der Waals surface area contributed by atoms with Gasteiger partial charge in [-0.3, -0.25) is 9.59 Å². The molecule has 0 spiro atoms. The van der Waals surface area contributed by atoms with E-state index in [-0.39, 0.29) is 17.6 Å². The normalized spacial score (nSPS) is 11.5. The average Bonchev–Trinajstić information content (AvgIpc) is 2.77. The van der Waals surface area contributed by atoms with Gasteiger partial charge in [-0.2, -0.15) is 0 Å². The molecule has 0 saturated carbocycles. The molecule has 0 aromatic heterocycles. The van der Waals surface area contributed by atoms with Crippen molar-refractivity contribution in [2.75, 3.05) is 13.7 Å². The van der Waals surface area contributed by atoms with E-state index < -0.39 is 0 Å². The quantitative estimate of drug-likeness (QED) is 0.622. The summed E-state index contributed by atoms with van der Waals surface area (Å²) in [4.78, 5) is 25.0. The highest BCUT2D eigenvalue weighted by atomic mass is 16.5. The van der Waals surface area contributed by atoms with Gasteiger partial charge in [0.05, 0.1) is 7.11 Å². The van der Waals surface area contributed by atoms with Gasteiger partial charge in [0, 0.05) is 23.2 Å². The Labute approximate surface area is 165 Å². The minimum Gasteiger partial charge on any atom is -0.497 e. The van der Waals surface area contributed by atoms with Crippen molar-refractivity contribution in [3.63, 3.8) is 0 Å². The summed E-state index contributed by atoms with van der Waals surface area (Å²) in [6.07, 6.45) is 0. The molecule has 3 rings (SSSR count). The molecule has 0 heterocycles. The number of hydrogen-bond acceptors (Lipinski definition) is 3. The number of rotatable bonds is 7. The summed E-state index contributed by atoms with van der Waals surface area (Å²) in [7, 11) is 1.59. The average molecular weight is 373 g/mol. The summed E-state index contributed by atoms with van der Waals surface area (Å²) in [5.41, 5.74) is 2.91. The van der Waals surface area contributed by atoms with Gasteiger partial charge in [-0.1, -0.05) is 55.5 Å². The van der Waals surface area contributed by atoms with Crippen molar-refractivity contribution in [2.24, 2.45) is 0 Å². The molecule has 0 radical (unpaired) electrons. The zero-order chi connectivity index (χ0) is 19.9. The first-order valence-corrected chi connectivity index (χ1v) is 9.20. The van der Waals surface area contributed by atoms with E-state index in [0.29, 0.717) is 29.0 Å². The molecule has 4 heteroatoms. The van der Waals surface area contributed by atoms with Gasteiger partial charge in [0.15, 0.2) is 5.78 Å². The first-order valence-electron chi connectivity index (χ1n) is 9.20. The Balaban J connectivity index is 1.65. The van der Waals surface area contributed by atoms with Crippen LogP contribution in [0.1, 0.15) is 44.7 Å². The number of ketones is 1. The molecule has 0 fully saturated rings. The van der Waals surface area contributed by atoms with Gasteiger partial charge in [0.1, 0.15) is 5.75 Å². The lowest BCUT2D eigenvalue weighted by Crippen LogP contribution is -2.27. The van der Waals surface area contributed by atoms with E-state index in [1.807, 2.05) is 61.5 Å². The van der Waals surface area contributed by atoms with Crippen LogP contribution in [0.2, 0.25) is 0 Å². The first-order chi connectivity index (χ1) is 13.6. The highest BCUT2D eigenvalue weighted by Crippen LogP contribution is 2.19. The lowest BCUT2D eigenvalue weighted by molar-refractivity contribution is 0.0950. The van der Waals surface area contributed by atoms with Crippen LogP contribution in [0.15, 0.2) is 78.9 Å². The van der Waals surface area contributed by atoms with Crippen LogP contribution in [0.4, 0.5) is 0 Å². The molecule has 28 heavy (non-hydrogen) atoms. The SMILES string of the molecule is COc1ccc(C(=O)NC[C@@H](C)c2cccc(C(=O)c3ccccc3)c2)cc1. The van der Waals surface area contributed by atoms with Crippen molar-refractivity contribution in [3.8, 4) is 5.75 Å². The number of hydrogen-bond donors (Lipinski definition) is 1. The Morgan fingerprint density at radius 3 is 2.21 bits per heavy atom. The lowest BCUT2D eigenvalue weighted by atomic mass is 9.95. The number of carbonyl (C=O) groups excluding carboxylic acids is 2. The third-order valence-electron chi connectivity index (χ3n) is 4.67. The van der Waals surface area contributed by atoms with Gasteiger partial charge < -0.3 is 10.1 Å². The molecule has 1 N–H and O–H groups in total. The minimum atomic E-state index is -0.133. The van der Waals surface area contributed by atoms with Crippen molar-refractivity contribution in [3.05, 3.63) is 101 Å². The van der Waals surface area contributed by atoms with E-state index in [1.165, 1.54) is 0 Å². The summed E-state index contributed by atoms with van der Waals surface area (Å²) in [6, 6.07) is 23.8. The van der Waals surface area contributed by atoms with Crippen LogP contribution in [0, 0.1) is 0 Å². The third-order valence-corrected chi connectivity index (χ3v) is 4.67. The molecule has 0 unspecified atom stereocenters.